The van der Waals surface area contributed by atoms with Crippen molar-refractivity contribution in [2.75, 3.05) is 19.7 Å². The van der Waals surface area contributed by atoms with Gasteiger partial charge in [-0.3, -0.25) is 9.78 Å². The van der Waals surface area contributed by atoms with Gasteiger partial charge in [-0.15, -0.1) is 0 Å². The van der Waals surface area contributed by atoms with Crippen LogP contribution in [-0.4, -0.2) is 40.6 Å². The highest BCUT2D eigenvalue weighted by Gasteiger charge is 2.16. The molecule has 1 heterocycles. The number of rotatable bonds is 4. The lowest BCUT2D eigenvalue weighted by atomic mass is 10.1. The van der Waals surface area contributed by atoms with Gasteiger partial charge in [0, 0.05) is 30.2 Å². The first-order valence-electron chi connectivity index (χ1n) is 6.01. The van der Waals surface area contributed by atoms with Gasteiger partial charge in [0.25, 0.3) is 5.91 Å². The van der Waals surface area contributed by atoms with Gasteiger partial charge in [0.1, 0.15) is 0 Å². The molecular formula is C14H16N2O2. The van der Waals surface area contributed by atoms with Crippen LogP contribution in [0.3, 0.4) is 0 Å². The molecule has 2 aromatic rings. The summed E-state index contributed by atoms with van der Waals surface area (Å²) in [6, 6.07) is 9.22. The summed E-state index contributed by atoms with van der Waals surface area (Å²) in [6.45, 7) is 2.81. The topological polar surface area (TPSA) is 53.4 Å². The summed E-state index contributed by atoms with van der Waals surface area (Å²) < 4.78 is 0. The summed E-state index contributed by atoms with van der Waals surface area (Å²) >= 11 is 0. The van der Waals surface area contributed by atoms with Crippen LogP contribution in [0.5, 0.6) is 0 Å². The molecule has 0 unspecified atom stereocenters. The van der Waals surface area contributed by atoms with Gasteiger partial charge in [0.15, 0.2) is 0 Å². The van der Waals surface area contributed by atoms with Crippen molar-refractivity contribution < 1.29 is 9.90 Å². The normalized spacial score (nSPS) is 10.6. The van der Waals surface area contributed by atoms with E-state index >= 15 is 0 Å². The molecule has 0 bridgehead atoms. The van der Waals surface area contributed by atoms with Crippen molar-refractivity contribution in [1.29, 1.82) is 0 Å². The largest absolute Gasteiger partial charge is 0.395 e. The average molecular weight is 244 g/mol. The molecule has 1 N–H and O–H groups in total. The molecular weight excluding hydrogens is 228 g/mol. The van der Waals surface area contributed by atoms with E-state index in [9.17, 15) is 4.79 Å². The number of fused-ring (bicyclic) bond motifs is 1. The first-order chi connectivity index (χ1) is 8.77. The molecule has 94 valence electrons. The van der Waals surface area contributed by atoms with E-state index in [0.717, 1.165) is 10.9 Å². The molecule has 0 saturated heterocycles. The van der Waals surface area contributed by atoms with Crippen molar-refractivity contribution in [2.24, 2.45) is 0 Å². The summed E-state index contributed by atoms with van der Waals surface area (Å²) in [5.74, 6) is -0.0647. The van der Waals surface area contributed by atoms with Crippen molar-refractivity contribution >= 4 is 16.8 Å². The second-order valence-corrected chi connectivity index (χ2v) is 3.98. The molecule has 0 aliphatic carbocycles. The first-order valence-corrected chi connectivity index (χ1v) is 6.01. The van der Waals surface area contributed by atoms with Crippen LogP contribution in [0.1, 0.15) is 17.3 Å². The van der Waals surface area contributed by atoms with E-state index in [1.807, 2.05) is 31.2 Å². The van der Waals surface area contributed by atoms with E-state index in [4.69, 9.17) is 5.11 Å². The highest BCUT2D eigenvalue weighted by Crippen LogP contribution is 2.18. The number of aliphatic hydroxyl groups excluding tert-OH is 1. The minimum atomic E-state index is -0.0647. The van der Waals surface area contributed by atoms with Gasteiger partial charge in [-0.05, 0) is 25.1 Å². The molecule has 0 saturated carbocycles. The third-order valence-corrected chi connectivity index (χ3v) is 2.91. The van der Waals surface area contributed by atoms with Crippen LogP contribution in [0.2, 0.25) is 0 Å². The fraction of sp³-hybridized carbons (Fsp3) is 0.286. The zero-order valence-electron chi connectivity index (χ0n) is 10.3. The van der Waals surface area contributed by atoms with Gasteiger partial charge in [0.2, 0.25) is 0 Å². The SMILES string of the molecule is CCN(CCO)C(=O)c1cccc2ncccc12. The van der Waals surface area contributed by atoms with Gasteiger partial charge in [-0.25, -0.2) is 0 Å². The zero-order chi connectivity index (χ0) is 13.0. The lowest BCUT2D eigenvalue weighted by Crippen LogP contribution is -2.33. The molecule has 1 aromatic carbocycles. The van der Waals surface area contributed by atoms with E-state index in [1.165, 1.54) is 0 Å². The molecule has 4 heteroatoms. The Morgan fingerprint density at radius 3 is 2.89 bits per heavy atom. The lowest BCUT2D eigenvalue weighted by molar-refractivity contribution is 0.0734. The van der Waals surface area contributed by atoms with Crippen molar-refractivity contribution in [3.05, 3.63) is 42.1 Å². The number of aromatic nitrogens is 1. The maximum absolute atomic E-state index is 12.4. The predicted octanol–water partition coefficient (Wildman–Crippen LogP) is 1.69. The lowest BCUT2D eigenvalue weighted by Gasteiger charge is -2.20. The molecule has 2 rings (SSSR count). The molecule has 18 heavy (non-hydrogen) atoms. The van der Waals surface area contributed by atoms with Crippen molar-refractivity contribution in [3.8, 4) is 0 Å². The Kier molecular flexibility index (Phi) is 3.89. The highest BCUT2D eigenvalue weighted by atomic mass is 16.3. The van der Waals surface area contributed by atoms with Crippen LogP contribution < -0.4 is 0 Å². The van der Waals surface area contributed by atoms with E-state index in [2.05, 4.69) is 4.98 Å². The number of carbonyl (C=O) groups excluding carboxylic acids is 1. The van der Waals surface area contributed by atoms with Gasteiger partial charge >= 0.3 is 0 Å². The first kappa shape index (κ1) is 12.5. The number of carbonyl (C=O) groups is 1. The van der Waals surface area contributed by atoms with Crippen molar-refractivity contribution in [3.63, 3.8) is 0 Å². The highest BCUT2D eigenvalue weighted by molar-refractivity contribution is 6.06. The molecule has 0 spiro atoms. The molecule has 0 aliphatic rings. The van der Waals surface area contributed by atoms with Gasteiger partial charge in [-0.1, -0.05) is 12.1 Å². The standard InChI is InChI=1S/C14H16N2O2/c1-2-16(9-10-17)14(18)12-5-3-7-13-11(12)6-4-8-15-13/h3-8,17H,2,9-10H2,1H3. The molecule has 1 aromatic heterocycles. The van der Waals surface area contributed by atoms with Crippen LogP contribution >= 0.6 is 0 Å². The molecule has 0 radical (unpaired) electrons. The molecule has 0 atom stereocenters. The van der Waals surface area contributed by atoms with E-state index in [1.54, 1.807) is 17.2 Å². The number of hydrogen-bond acceptors (Lipinski definition) is 3. The van der Waals surface area contributed by atoms with Crippen molar-refractivity contribution in [2.45, 2.75) is 6.92 Å². The number of benzene rings is 1. The quantitative estimate of drug-likeness (QED) is 0.890. The molecule has 0 fully saturated rings. The van der Waals surface area contributed by atoms with Crippen LogP contribution in [0.15, 0.2) is 36.5 Å². The number of amides is 1. The number of likely N-dealkylation sites (N-methyl/N-ethyl adjacent to an activating group) is 1. The number of nitrogens with zero attached hydrogens (tertiary/aromatic N) is 2. The number of hydrogen-bond donors (Lipinski definition) is 1. The fourth-order valence-electron chi connectivity index (χ4n) is 1.98. The molecule has 1 amide bonds. The van der Waals surface area contributed by atoms with Crippen LogP contribution in [0.25, 0.3) is 10.9 Å². The van der Waals surface area contributed by atoms with Gasteiger partial charge < -0.3 is 10.0 Å². The van der Waals surface area contributed by atoms with E-state index in [0.29, 0.717) is 18.7 Å². The second-order valence-electron chi connectivity index (χ2n) is 3.98. The van der Waals surface area contributed by atoms with E-state index < -0.39 is 0 Å². The summed E-state index contributed by atoms with van der Waals surface area (Å²) in [5, 5.41) is 9.82. The van der Waals surface area contributed by atoms with Crippen LogP contribution in [0, 0.1) is 0 Å². The Bertz CT molecular complexity index is 549. The molecule has 4 nitrogen and oxygen atoms in total. The van der Waals surface area contributed by atoms with Crippen LogP contribution in [0.4, 0.5) is 0 Å². The van der Waals surface area contributed by atoms with Gasteiger partial charge in [0.05, 0.1) is 12.1 Å². The Balaban J connectivity index is 2.44. The minimum Gasteiger partial charge on any atom is -0.395 e. The maximum atomic E-state index is 12.4. The zero-order valence-corrected chi connectivity index (χ0v) is 10.3. The second kappa shape index (κ2) is 5.60. The van der Waals surface area contributed by atoms with E-state index in [-0.39, 0.29) is 12.5 Å². The third kappa shape index (κ3) is 2.33. The third-order valence-electron chi connectivity index (χ3n) is 2.91. The Morgan fingerprint density at radius 2 is 2.17 bits per heavy atom. The van der Waals surface area contributed by atoms with Gasteiger partial charge in [-0.2, -0.15) is 0 Å². The Hall–Kier alpha value is -1.94. The maximum Gasteiger partial charge on any atom is 0.254 e. The Morgan fingerprint density at radius 1 is 1.33 bits per heavy atom. The summed E-state index contributed by atoms with van der Waals surface area (Å²) in [4.78, 5) is 18.2. The fourth-order valence-corrected chi connectivity index (χ4v) is 1.98. The summed E-state index contributed by atoms with van der Waals surface area (Å²) in [6.07, 6.45) is 1.71. The molecule has 0 aliphatic heterocycles. The predicted molar refractivity (Wildman–Crippen MR) is 70.4 cm³/mol. The smallest absolute Gasteiger partial charge is 0.254 e. The monoisotopic (exact) mass is 244 g/mol. The Labute approximate surface area is 106 Å². The minimum absolute atomic E-state index is 0.0252. The number of aliphatic hydroxyl groups is 1. The average Bonchev–Trinajstić information content (AvgIpc) is 2.43. The number of pyridine rings is 1. The van der Waals surface area contributed by atoms with Crippen molar-refractivity contribution in [1.82, 2.24) is 9.88 Å². The summed E-state index contributed by atoms with van der Waals surface area (Å²) in [7, 11) is 0. The summed E-state index contributed by atoms with van der Waals surface area (Å²) in [5.41, 5.74) is 1.44. The van der Waals surface area contributed by atoms with Crippen LogP contribution in [-0.2, 0) is 0 Å².